The highest BCUT2D eigenvalue weighted by Gasteiger charge is 2.10. The highest BCUT2D eigenvalue weighted by atomic mass is 79.9. The molecule has 0 spiro atoms. The molecule has 0 fully saturated rings. The molecule has 0 aliphatic rings. The maximum atomic E-state index is 12.1. The predicted octanol–water partition coefficient (Wildman–Crippen LogP) is 4.13. The van der Waals surface area contributed by atoms with Crippen molar-refractivity contribution in [3.63, 3.8) is 0 Å². The van der Waals surface area contributed by atoms with E-state index in [1.807, 2.05) is 43.1 Å². The normalized spacial score (nSPS) is 10.9. The van der Waals surface area contributed by atoms with E-state index in [4.69, 9.17) is 0 Å². The quantitative estimate of drug-likeness (QED) is 0.764. The topological polar surface area (TPSA) is 20.3 Å². The molecule has 2 nitrogen and oxygen atoms in total. The van der Waals surface area contributed by atoms with E-state index in [2.05, 4.69) is 27.4 Å². The van der Waals surface area contributed by atoms with Crippen molar-refractivity contribution in [2.24, 2.45) is 0 Å². The molecule has 0 N–H and O–H groups in total. The Morgan fingerprint density at radius 2 is 2.00 bits per heavy atom. The summed E-state index contributed by atoms with van der Waals surface area (Å²) in [6.07, 6.45) is 0. The van der Waals surface area contributed by atoms with Crippen LogP contribution in [-0.2, 0) is 6.54 Å². The van der Waals surface area contributed by atoms with Gasteiger partial charge in [0.05, 0.1) is 6.54 Å². The molecule has 1 heterocycles. The fourth-order valence-corrected chi connectivity index (χ4v) is 3.36. The summed E-state index contributed by atoms with van der Waals surface area (Å²) in [6.45, 7) is 3.27. The Bertz CT molecular complexity index is 562. The van der Waals surface area contributed by atoms with E-state index in [-0.39, 0.29) is 5.78 Å². The van der Waals surface area contributed by atoms with E-state index in [0.29, 0.717) is 6.54 Å². The number of benzene rings is 1. The lowest BCUT2D eigenvalue weighted by molar-refractivity contribution is 0.0943. The van der Waals surface area contributed by atoms with Gasteiger partial charge in [-0.25, -0.2) is 0 Å². The molecule has 0 radical (unpaired) electrons. The number of rotatable bonds is 5. The van der Waals surface area contributed by atoms with Gasteiger partial charge in [0, 0.05) is 26.8 Å². The zero-order valence-corrected chi connectivity index (χ0v) is 13.4. The third-order valence-corrected chi connectivity index (χ3v) is 4.52. The molecule has 100 valence electrons. The van der Waals surface area contributed by atoms with Crippen LogP contribution in [0.5, 0.6) is 0 Å². The van der Waals surface area contributed by atoms with E-state index in [1.165, 1.54) is 10.4 Å². The van der Waals surface area contributed by atoms with Gasteiger partial charge in [0.15, 0.2) is 5.78 Å². The Morgan fingerprint density at radius 3 is 2.58 bits per heavy atom. The van der Waals surface area contributed by atoms with E-state index in [1.54, 1.807) is 11.3 Å². The van der Waals surface area contributed by atoms with Gasteiger partial charge in [-0.3, -0.25) is 9.69 Å². The Hall–Kier alpha value is -0.970. The number of hydrogen-bond acceptors (Lipinski definition) is 3. The molecular formula is C15H16BrNOS. The Labute approximate surface area is 126 Å². The second-order valence-corrected chi connectivity index (χ2v) is 6.60. The number of likely N-dealkylation sites (N-methyl/N-ethyl adjacent to an activating group) is 1. The molecule has 0 aliphatic heterocycles. The van der Waals surface area contributed by atoms with Crippen molar-refractivity contribution in [1.82, 2.24) is 4.90 Å². The van der Waals surface area contributed by atoms with Gasteiger partial charge in [-0.15, -0.1) is 11.3 Å². The Kier molecular flexibility index (Phi) is 4.91. The van der Waals surface area contributed by atoms with Crippen LogP contribution in [0.25, 0.3) is 0 Å². The third kappa shape index (κ3) is 4.27. The van der Waals surface area contributed by atoms with Gasteiger partial charge in [0.25, 0.3) is 0 Å². The zero-order chi connectivity index (χ0) is 13.8. The molecule has 0 saturated heterocycles. The first-order chi connectivity index (χ1) is 9.04. The van der Waals surface area contributed by atoms with Gasteiger partial charge in [-0.1, -0.05) is 29.8 Å². The smallest absolute Gasteiger partial charge is 0.176 e. The lowest BCUT2D eigenvalue weighted by atomic mass is 10.1. The molecule has 19 heavy (non-hydrogen) atoms. The average Bonchev–Trinajstić information content (AvgIpc) is 2.75. The summed E-state index contributed by atoms with van der Waals surface area (Å²) in [5.41, 5.74) is 1.96. The van der Waals surface area contributed by atoms with Crippen molar-refractivity contribution < 1.29 is 4.79 Å². The SMILES string of the molecule is Cc1ccc(C(=O)CN(C)Cc2cc(Br)cs2)cc1. The molecule has 4 heteroatoms. The number of carbonyl (C=O) groups excluding carboxylic acids is 1. The lowest BCUT2D eigenvalue weighted by Crippen LogP contribution is -2.25. The van der Waals surface area contributed by atoms with Gasteiger partial charge < -0.3 is 0 Å². The highest BCUT2D eigenvalue weighted by molar-refractivity contribution is 9.10. The van der Waals surface area contributed by atoms with Crippen LogP contribution in [0.1, 0.15) is 20.8 Å². The Morgan fingerprint density at radius 1 is 1.32 bits per heavy atom. The van der Waals surface area contributed by atoms with Crippen molar-refractivity contribution in [1.29, 1.82) is 0 Å². The van der Waals surface area contributed by atoms with Crippen LogP contribution < -0.4 is 0 Å². The summed E-state index contributed by atoms with van der Waals surface area (Å²) in [4.78, 5) is 15.4. The van der Waals surface area contributed by atoms with Crippen LogP contribution in [0.4, 0.5) is 0 Å². The first kappa shape index (κ1) is 14.4. The van der Waals surface area contributed by atoms with Gasteiger partial charge >= 0.3 is 0 Å². The summed E-state index contributed by atoms with van der Waals surface area (Å²) < 4.78 is 1.10. The summed E-state index contributed by atoms with van der Waals surface area (Å²) in [5, 5.41) is 2.06. The van der Waals surface area contributed by atoms with Gasteiger partial charge in [0.1, 0.15) is 0 Å². The van der Waals surface area contributed by atoms with Crippen LogP contribution in [0.2, 0.25) is 0 Å². The second kappa shape index (κ2) is 6.46. The molecular weight excluding hydrogens is 322 g/mol. The lowest BCUT2D eigenvalue weighted by Gasteiger charge is -2.14. The number of halogens is 1. The van der Waals surface area contributed by atoms with Crippen LogP contribution in [0.3, 0.4) is 0 Å². The van der Waals surface area contributed by atoms with Crippen molar-refractivity contribution >= 4 is 33.0 Å². The molecule has 0 unspecified atom stereocenters. The second-order valence-electron chi connectivity index (χ2n) is 4.69. The van der Waals surface area contributed by atoms with Gasteiger partial charge in [-0.05, 0) is 36.0 Å². The zero-order valence-electron chi connectivity index (χ0n) is 11.0. The molecule has 0 amide bonds. The molecule has 2 rings (SSSR count). The standard InChI is InChI=1S/C15H16BrNOS/c1-11-3-5-12(6-4-11)15(18)9-17(2)8-14-7-13(16)10-19-14/h3-7,10H,8-9H2,1-2H3. The van der Waals surface area contributed by atoms with Crippen molar-refractivity contribution in [2.45, 2.75) is 13.5 Å². The molecule has 2 aromatic rings. The molecule has 0 atom stereocenters. The fourth-order valence-electron chi connectivity index (χ4n) is 1.83. The molecule has 1 aromatic heterocycles. The average molecular weight is 338 g/mol. The molecule has 0 aliphatic carbocycles. The number of aryl methyl sites for hydroxylation is 1. The van der Waals surface area contributed by atoms with Crippen LogP contribution >= 0.6 is 27.3 Å². The minimum Gasteiger partial charge on any atom is -0.294 e. The van der Waals surface area contributed by atoms with E-state index < -0.39 is 0 Å². The predicted molar refractivity (Wildman–Crippen MR) is 83.9 cm³/mol. The first-order valence-electron chi connectivity index (χ1n) is 6.06. The van der Waals surface area contributed by atoms with Crippen molar-refractivity contribution in [3.8, 4) is 0 Å². The van der Waals surface area contributed by atoms with Crippen LogP contribution in [0.15, 0.2) is 40.2 Å². The van der Waals surface area contributed by atoms with E-state index in [0.717, 1.165) is 16.6 Å². The largest absolute Gasteiger partial charge is 0.294 e. The number of ketones is 1. The molecule has 1 aromatic carbocycles. The van der Waals surface area contributed by atoms with Gasteiger partial charge in [-0.2, -0.15) is 0 Å². The number of thiophene rings is 1. The summed E-state index contributed by atoms with van der Waals surface area (Å²) in [7, 11) is 1.97. The third-order valence-electron chi connectivity index (χ3n) is 2.83. The van der Waals surface area contributed by atoms with Crippen molar-refractivity contribution in [2.75, 3.05) is 13.6 Å². The summed E-state index contributed by atoms with van der Waals surface area (Å²) in [5.74, 6) is 0.165. The van der Waals surface area contributed by atoms with Crippen LogP contribution in [-0.4, -0.2) is 24.3 Å². The maximum Gasteiger partial charge on any atom is 0.176 e. The van der Waals surface area contributed by atoms with Crippen LogP contribution in [0, 0.1) is 6.92 Å². The molecule has 0 bridgehead atoms. The van der Waals surface area contributed by atoms with E-state index in [9.17, 15) is 4.79 Å². The minimum atomic E-state index is 0.165. The summed E-state index contributed by atoms with van der Waals surface area (Å²) >= 11 is 5.14. The monoisotopic (exact) mass is 337 g/mol. The number of nitrogens with zero attached hydrogens (tertiary/aromatic N) is 1. The number of hydrogen-bond donors (Lipinski definition) is 0. The molecule has 0 saturated carbocycles. The minimum absolute atomic E-state index is 0.165. The fraction of sp³-hybridized carbons (Fsp3) is 0.267. The van der Waals surface area contributed by atoms with Gasteiger partial charge in [0.2, 0.25) is 0 Å². The van der Waals surface area contributed by atoms with E-state index >= 15 is 0 Å². The highest BCUT2D eigenvalue weighted by Crippen LogP contribution is 2.20. The first-order valence-corrected chi connectivity index (χ1v) is 7.73. The number of carbonyl (C=O) groups is 1. The van der Waals surface area contributed by atoms with Crippen molar-refractivity contribution in [3.05, 3.63) is 56.2 Å². The Balaban J connectivity index is 1.93. The summed E-state index contributed by atoms with van der Waals surface area (Å²) in [6, 6.07) is 9.84. The maximum absolute atomic E-state index is 12.1. The number of Topliss-reactive ketones (excluding diaryl/α,β-unsaturated/α-hetero) is 1.